The van der Waals surface area contributed by atoms with Crippen LogP contribution in [0, 0.1) is 6.92 Å². The molecule has 0 aliphatic heterocycles. The Morgan fingerprint density at radius 2 is 2.00 bits per heavy atom. The number of halogens is 1. The molecular formula is C15H15BrN2O2S. The second-order valence-corrected chi connectivity index (χ2v) is 6.88. The van der Waals surface area contributed by atoms with Gasteiger partial charge < -0.3 is 11.1 Å². The lowest BCUT2D eigenvalue weighted by molar-refractivity contribution is -0.113. The second-order valence-electron chi connectivity index (χ2n) is 4.52. The summed E-state index contributed by atoms with van der Waals surface area (Å²) in [6.07, 6.45) is 0. The molecule has 1 atom stereocenters. The molecule has 0 aromatic heterocycles. The van der Waals surface area contributed by atoms with Gasteiger partial charge in [0.2, 0.25) is 5.91 Å². The molecule has 2 aromatic carbocycles. The molecule has 3 N–H and O–H groups in total. The van der Waals surface area contributed by atoms with Crippen molar-refractivity contribution >= 4 is 44.0 Å². The van der Waals surface area contributed by atoms with Crippen LogP contribution in [0.1, 0.15) is 5.56 Å². The van der Waals surface area contributed by atoms with Crippen molar-refractivity contribution in [3.63, 3.8) is 0 Å². The maximum absolute atomic E-state index is 12.2. The molecule has 2 rings (SSSR count). The molecule has 0 saturated heterocycles. The first kappa shape index (κ1) is 15.7. The molecule has 1 amide bonds. The van der Waals surface area contributed by atoms with Gasteiger partial charge in [0.15, 0.2) is 0 Å². The first-order valence-corrected chi connectivity index (χ1v) is 8.37. The summed E-state index contributed by atoms with van der Waals surface area (Å²) in [6.45, 7) is 1.83. The van der Waals surface area contributed by atoms with Crippen LogP contribution in [0.5, 0.6) is 0 Å². The third-order valence-electron chi connectivity index (χ3n) is 2.97. The van der Waals surface area contributed by atoms with E-state index in [2.05, 4.69) is 21.2 Å². The van der Waals surface area contributed by atoms with Gasteiger partial charge in [-0.25, -0.2) is 0 Å². The van der Waals surface area contributed by atoms with E-state index in [1.165, 1.54) is 0 Å². The predicted octanol–water partition coefficient (Wildman–Crippen LogP) is 3.09. The SMILES string of the molecule is Cc1c(N)cccc1NC(=O)CS(=O)c1cccc(Br)c1. The highest BCUT2D eigenvalue weighted by atomic mass is 79.9. The standard InChI is InChI=1S/C15H15BrN2O2S/c1-10-13(17)6-3-7-14(10)18-15(19)9-21(20)12-5-2-4-11(16)8-12/h2-8H,9,17H2,1H3,(H,18,19). The molecule has 21 heavy (non-hydrogen) atoms. The van der Waals surface area contributed by atoms with Crippen LogP contribution in [0.4, 0.5) is 11.4 Å². The van der Waals surface area contributed by atoms with E-state index in [0.717, 1.165) is 10.0 Å². The lowest BCUT2D eigenvalue weighted by Gasteiger charge is -2.10. The Labute approximate surface area is 134 Å². The summed E-state index contributed by atoms with van der Waals surface area (Å²) in [5, 5.41) is 2.74. The van der Waals surface area contributed by atoms with E-state index < -0.39 is 10.8 Å². The minimum absolute atomic E-state index is 0.0926. The number of nitrogens with one attached hydrogen (secondary N) is 1. The maximum Gasteiger partial charge on any atom is 0.237 e. The van der Waals surface area contributed by atoms with Crippen molar-refractivity contribution < 1.29 is 9.00 Å². The van der Waals surface area contributed by atoms with Gasteiger partial charge in [0, 0.05) is 20.7 Å². The molecule has 0 spiro atoms. The number of carbonyl (C=O) groups is 1. The van der Waals surface area contributed by atoms with Crippen molar-refractivity contribution in [3.8, 4) is 0 Å². The third-order valence-corrected chi connectivity index (χ3v) is 4.77. The van der Waals surface area contributed by atoms with Crippen LogP contribution in [0.3, 0.4) is 0 Å². The van der Waals surface area contributed by atoms with E-state index in [9.17, 15) is 9.00 Å². The zero-order valence-electron chi connectivity index (χ0n) is 11.4. The first-order valence-electron chi connectivity index (χ1n) is 6.26. The highest BCUT2D eigenvalue weighted by molar-refractivity contribution is 9.10. The number of nitrogens with two attached hydrogens (primary N) is 1. The van der Waals surface area contributed by atoms with E-state index in [1.54, 1.807) is 36.4 Å². The van der Waals surface area contributed by atoms with Gasteiger partial charge >= 0.3 is 0 Å². The monoisotopic (exact) mass is 366 g/mol. The molecule has 0 heterocycles. The van der Waals surface area contributed by atoms with E-state index in [4.69, 9.17) is 5.73 Å². The van der Waals surface area contributed by atoms with Crippen molar-refractivity contribution in [3.05, 3.63) is 52.5 Å². The predicted molar refractivity (Wildman–Crippen MR) is 89.6 cm³/mol. The average molecular weight is 367 g/mol. The van der Waals surface area contributed by atoms with Crippen LogP contribution in [0.15, 0.2) is 51.8 Å². The van der Waals surface area contributed by atoms with E-state index in [-0.39, 0.29) is 11.7 Å². The molecule has 0 fully saturated rings. The zero-order valence-corrected chi connectivity index (χ0v) is 13.8. The average Bonchev–Trinajstić information content (AvgIpc) is 2.44. The normalized spacial score (nSPS) is 11.9. The minimum atomic E-state index is -1.38. The topological polar surface area (TPSA) is 72.2 Å². The Kier molecular flexibility index (Phi) is 5.14. The summed E-state index contributed by atoms with van der Waals surface area (Å²) in [5.41, 5.74) is 7.85. The van der Waals surface area contributed by atoms with Crippen molar-refractivity contribution in [2.75, 3.05) is 16.8 Å². The fraction of sp³-hybridized carbons (Fsp3) is 0.133. The van der Waals surface area contributed by atoms with Gasteiger partial charge in [-0.05, 0) is 42.8 Å². The van der Waals surface area contributed by atoms with Crippen molar-refractivity contribution in [2.24, 2.45) is 0 Å². The van der Waals surface area contributed by atoms with Gasteiger partial charge in [0.1, 0.15) is 5.75 Å². The van der Waals surface area contributed by atoms with Gasteiger partial charge in [-0.3, -0.25) is 9.00 Å². The molecule has 0 aliphatic carbocycles. The number of amides is 1. The summed E-state index contributed by atoms with van der Waals surface area (Å²) in [4.78, 5) is 12.6. The number of nitrogen functional groups attached to an aromatic ring is 1. The number of rotatable bonds is 4. The van der Waals surface area contributed by atoms with Gasteiger partial charge in [0.05, 0.1) is 10.8 Å². The van der Waals surface area contributed by atoms with Gasteiger partial charge in [-0.15, -0.1) is 0 Å². The van der Waals surface area contributed by atoms with Crippen LogP contribution in [-0.4, -0.2) is 15.9 Å². The Bertz CT molecular complexity index is 704. The second kappa shape index (κ2) is 6.87. The Balaban J connectivity index is 2.05. The smallest absolute Gasteiger partial charge is 0.237 e. The fourth-order valence-corrected chi connectivity index (χ4v) is 3.30. The number of benzene rings is 2. The molecule has 6 heteroatoms. The molecular weight excluding hydrogens is 352 g/mol. The van der Waals surface area contributed by atoms with Crippen molar-refractivity contribution in [2.45, 2.75) is 11.8 Å². The largest absolute Gasteiger partial charge is 0.398 e. The van der Waals surface area contributed by atoms with Crippen LogP contribution >= 0.6 is 15.9 Å². The fourth-order valence-electron chi connectivity index (χ4n) is 1.79. The van der Waals surface area contributed by atoms with Crippen LogP contribution in [-0.2, 0) is 15.6 Å². The van der Waals surface area contributed by atoms with Crippen LogP contribution < -0.4 is 11.1 Å². The summed E-state index contributed by atoms with van der Waals surface area (Å²) >= 11 is 3.32. The molecule has 1 unspecified atom stereocenters. The molecule has 0 saturated carbocycles. The maximum atomic E-state index is 12.2. The Morgan fingerprint density at radius 3 is 2.71 bits per heavy atom. The Hall–Kier alpha value is -1.66. The van der Waals surface area contributed by atoms with E-state index >= 15 is 0 Å². The molecule has 4 nitrogen and oxygen atoms in total. The number of hydrogen-bond acceptors (Lipinski definition) is 3. The minimum Gasteiger partial charge on any atom is -0.398 e. The molecule has 0 radical (unpaired) electrons. The summed E-state index contributed by atoms with van der Waals surface area (Å²) < 4.78 is 13.0. The number of hydrogen-bond donors (Lipinski definition) is 2. The highest BCUT2D eigenvalue weighted by Gasteiger charge is 2.12. The van der Waals surface area contributed by atoms with Gasteiger partial charge in [-0.1, -0.05) is 28.1 Å². The molecule has 110 valence electrons. The van der Waals surface area contributed by atoms with Crippen LogP contribution in [0.25, 0.3) is 0 Å². The Morgan fingerprint density at radius 1 is 1.29 bits per heavy atom. The summed E-state index contributed by atoms with van der Waals surface area (Å²) in [5.74, 6) is -0.396. The van der Waals surface area contributed by atoms with Crippen molar-refractivity contribution in [1.29, 1.82) is 0 Å². The van der Waals surface area contributed by atoms with E-state index in [0.29, 0.717) is 16.3 Å². The molecule has 0 bridgehead atoms. The quantitative estimate of drug-likeness (QED) is 0.816. The number of carbonyl (C=O) groups excluding carboxylic acids is 1. The summed E-state index contributed by atoms with van der Waals surface area (Å²) in [7, 11) is -1.38. The van der Waals surface area contributed by atoms with Crippen LogP contribution in [0.2, 0.25) is 0 Å². The van der Waals surface area contributed by atoms with Gasteiger partial charge in [0.25, 0.3) is 0 Å². The third kappa shape index (κ3) is 4.15. The highest BCUT2D eigenvalue weighted by Crippen LogP contribution is 2.20. The van der Waals surface area contributed by atoms with Crippen molar-refractivity contribution in [1.82, 2.24) is 0 Å². The molecule has 2 aromatic rings. The number of anilines is 2. The first-order chi connectivity index (χ1) is 9.97. The summed E-state index contributed by atoms with van der Waals surface area (Å²) in [6, 6.07) is 12.4. The lowest BCUT2D eigenvalue weighted by atomic mass is 10.1. The zero-order chi connectivity index (χ0) is 15.4. The molecule has 0 aliphatic rings. The van der Waals surface area contributed by atoms with E-state index in [1.807, 2.05) is 13.0 Å². The lowest BCUT2D eigenvalue weighted by Crippen LogP contribution is -2.20. The van der Waals surface area contributed by atoms with Gasteiger partial charge in [-0.2, -0.15) is 0 Å².